The maximum Gasteiger partial charge on any atom is 0.123 e. The van der Waals surface area contributed by atoms with Crippen LogP contribution in [0, 0.1) is 5.82 Å². The minimum Gasteiger partial charge on any atom is -0.315 e. The van der Waals surface area contributed by atoms with Crippen LogP contribution in [0.5, 0.6) is 0 Å². The van der Waals surface area contributed by atoms with E-state index < -0.39 is 0 Å². The SMILES string of the molecule is CC1(C)c2ccccc2N(c2cc(C3=CC=C(N(C4=CCCC=C4)c4ccc(F)cc4)CC3)c3sc4c(c3c2)=CCCCC=4)c2ccccc21. The van der Waals surface area contributed by atoms with Gasteiger partial charge in [-0.15, -0.1) is 11.3 Å². The summed E-state index contributed by atoms with van der Waals surface area (Å²) in [6.45, 7) is 4.71. The predicted molar refractivity (Wildman–Crippen MR) is 211 cm³/mol. The molecule has 1 aliphatic heterocycles. The van der Waals surface area contributed by atoms with E-state index in [0.717, 1.165) is 49.9 Å². The molecule has 4 aliphatic rings. The Morgan fingerprint density at radius 3 is 2.20 bits per heavy atom. The second kappa shape index (κ2) is 12.4. The molecule has 0 saturated heterocycles. The van der Waals surface area contributed by atoms with E-state index in [0.29, 0.717) is 0 Å². The van der Waals surface area contributed by atoms with Gasteiger partial charge in [0.2, 0.25) is 0 Å². The number of fused-ring (bicyclic) bond motifs is 5. The molecule has 0 unspecified atom stereocenters. The molecule has 9 rings (SSSR count). The van der Waals surface area contributed by atoms with Crippen LogP contribution in [-0.4, -0.2) is 0 Å². The zero-order valence-corrected chi connectivity index (χ0v) is 29.6. The number of hydrogen-bond acceptors (Lipinski definition) is 3. The highest BCUT2D eigenvalue weighted by Crippen LogP contribution is 2.52. The molecule has 0 saturated carbocycles. The lowest BCUT2D eigenvalue weighted by molar-refractivity contribution is 0.627. The van der Waals surface area contributed by atoms with Crippen LogP contribution in [0.15, 0.2) is 127 Å². The first kappa shape index (κ1) is 31.1. The Hall–Kier alpha value is -4.93. The highest BCUT2D eigenvalue weighted by Gasteiger charge is 2.37. The summed E-state index contributed by atoms with van der Waals surface area (Å²) in [5.74, 6) is -0.211. The van der Waals surface area contributed by atoms with E-state index in [2.05, 4.69) is 127 Å². The molecule has 4 aromatic carbocycles. The third-order valence-corrected chi connectivity index (χ3v) is 12.2. The summed E-state index contributed by atoms with van der Waals surface area (Å²) in [6, 6.07) is 29.7. The zero-order chi connectivity index (χ0) is 33.8. The third kappa shape index (κ3) is 5.20. The first-order chi connectivity index (χ1) is 24.5. The predicted octanol–water partition coefficient (Wildman–Crippen LogP) is 11.7. The molecule has 0 atom stereocenters. The summed E-state index contributed by atoms with van der Waals surface area (Å²) in [5.41, 5.74) is 12.4. The van der Waals surface area contributed by atoms with Crippen molar-refractivity contribution in [2.24, 2.45) is 0 Å². The largest absolute Gasteiger partial charge is 0.315 e. The standard InChI is InChI=1S/C46H41FN2S/c1-46(2)40-16-9-11-18-42(40)49(43-19-12-10-17-41(43)46)36-29-38(45-39(30-36)37-15-7-4-8-20-44(37)50-45)31-21-25-34(26-22-31)48(33-13-5-3-6-14-33)35-27-23-32(47)24-28-35/h5,9-21,23-25,27-30H,3-4,6-8,22,26H2,1-2H3. The average Bonchev–Trinajstić information content (AvgIpc) is 3.33. The maximum absolute atomic E-state index is 14.0. The van der Waals surface area contributed by atoms with Gasteiger partial charge in [-0.3, -0.25) is 0 Å². The number of thiophene rings is 1. The van der Waals surface area contributed by atoms with E-state index >= 15 is 0 Å². The Morgan fingerprint density at radius 2 is 1.50 bits per heavy atom. The van der Waals surface area contributed by atoms with Gasteiger partial charge >= 0.3 is 0 Å². The molecule has 2 nitrogen and oxygen atoms in total. The van der Waals surface area contributed by atoms with Gasteiger partial charge in [-0.05, 0) is 133 Å². The van der Waals surface area contributed by atoms with Crippen molar-refractivity contribution < 1.29 is 4.39 Å². The smallest absolute Gasteiger partial charge is 0.123 e. The molecule has 0 fully saturated rings. The number of hydrogen-bond donors (Lipinski definition) is 0. The molecule has 5 aromatic rings. The van der Waals surface area contributed by atoms with Crippen LogP contribution in [0.1, 0.15) is 75.5 Å². The normalized spacial score (nSPS) is 17.7. The van der Waals surface area contributed by atoms with Crippen molar-refractivity contribution >= 4 is 61.9 Å². The van der Waals surface area contributed by atoms with E-state index in [1.165, 1.54) is 71.3 Å². The number of nitrogens with zero attached hydrogens (tertiary/aromatic N) is 2. The fourth-order valence-corrected chi connectivity index (χ4v) is 9.67. The Kier molecular flexibility index (Phi) is 7.73. The van der Waals surface area contributed by atoms with Gasteiger partial charge in [-0.2, -0.15) is 0 Å². The molecule has 4 heteroatoms. The summed E-state index contributed by atoms with van der Waals surface area (Å²) in [7, 11) is 0. The van der Waals surface area contributed by atoms with Crippen molar-refractivity contribution in [1.82, 2.24) is 0 Å². The topological polar surface area (TPSA) is 6.48 Å². The zero-order valence-electron chi connectivity index (χ0n) is 28.8. The number of para-hydroxylation sites is 2. The molecule has 50 heavy (non-hydrogen) atoms. The Labute approximate surface area is 298 Å². The second-order valence-corrected chi connectivity index (χ2v) is 15.4. The van der Waals surface area contributed by atoms with Gasteiger partial charge in [-0.25, -0.2) is 4.39 Å². The molecule has 3 aliphatic carbocycles. The fourth-order valence-electron chi connectivity index (χ4n) is 8.37. The molecule has 0 bridgehead atoms. The van der Waals surface area contributed by atoms with Crippen molar-refractivity contribution in [2.45, 2.75) is 64.2 Å². The second-order valence-electron chi connectivity index (χ2n) is 14.4. The number of rotatable bonds is 5. The Balaban J connectivity index is 1.23. The average molecular weight is 673 g/mol. The minimum atomic E-state index is -0.211. The van der Waals surface area contributed by atoms with Crippen molar-refractivity contribution in [2.75, 3.05) is 9.80 Å². The molecule has 1 aromatic heterocycles. The summed E-state index contributed by atoms with van der Waals surface area (Å²) in [5, 5.41) is 2.76. The summed E-state index contributed by atoms with van der Waals surface area (Å²) in [6.07, 6.45) is 23.7. The molecular formula is C46H41FN2S. The monoisotopic (exact) mass is 672 g/mol. The van der Waals surface area contributed by atoms with Crippen LogP contribution in [0.25, 0.3) is 27.8 Å². The van der Waals surface area contributed by atoms with Gasteiger partial charge in [0.15, 0.2) is 0 Å². The highest BCUT2D eigenvalue weighted by molar-refractivity contribution is 7.17. The third-order valence-electron chi connectivity index (χ3n) is 10.9. The number of allylic oxidation sites excluding steroid dienone is 7. The van der Waals surface area contributed by atoms with E-state index in [-0.39, 0.29) is 11.2 Å². The summed E-state index contributed by atoms with van der Waals surface area (Å²) < 4.78 is 16.8. The van der Waals surface area contributed by atoms with Crippen molar-refractivity contribution in [3.63, 3.8) is 0 Å². The minimum absolute atomic E-state index is 0.106. The fraction of sp³-hybridized carbons (Fsp3) is 0.217. The van der Waals surface area contributed by atoms with E-state index in [1.54, 1.807) is 12.1 Å². The Morgan fingerprint density at radius 1 is 0.760 bits per heavy atom. The van der Waals surface area contributed by atoms with Crippen LogP contribution in [0.3, 0.4) is 0 Å². The lowest BCUT2D eigenvalue weighted by Crippen LogP contribution is -2.30. The molecule has 248 valence electrons. The van der Waals surface area contributed by atoms with E-state index in [9.17, 15) is 4.39 Å². The summed E-state index contributed by atoms with van der Waals surface area (Å²) in [4.78, 5) is 4.82. The summed E-state index contributed by atoms with van der Waals surface area (Å²) >= 11 is 1.96. The molecule has 0 radical (unpaired) electrons. The Bertz CT molecular complexity index is 2350. The molecular weight excluding hydrogens is 632 g/mol. The first-order valence-corrected chi connectivity index (χ1v) is 18.9. The number of benzene rings is 4. The molecule has 0 amide bonds. The van der Waals surface area contributed by atoms with Crippen molar-refractivity contribution in [1.29, 1.82) is 0 Å². The van der Waals surface area contributed by atoms with Crippen molar-refractivity contribution in [3.05, 3.63) is 159 Å². The molecule has 0 spiro atoms. The van der Waals surface area contributed by atoms with E-state index in [1.807, 2.05) is 23.5 Å². The van der Waals surface area contributed by atoms with E-state index in [4.69, 9.17) is 0 Å². The van der Waals surface area contributed by atoms with Crippen LogP contribution in [0.2, 0.25) is 0 Å². The van der Waals surface area contributed by atoms with Crippen LogP contribution in [-0.2, 0) is 5.41 Å². The van der Waals surface area contributed by atoms with Crippen LogP contribution < -0.4 is 19.6 Å². The quantitative estimate of drug-likeness (QED) is 0.183. The maximum atomic E-state index is 14.0. The van der Waals surface area contributed by atoms with Gasteiger partial charge < -0.3 is 9.80 Å². The number of halogens is 1. The van der Waals surface area contributed by atoms with Gasteiger partial charge in [0, 0.05) is 42.8 Å². The van der Waals surface area contributed by atoms with Gasteiger partial charge in [-0.1, -0.05) is 80.6 Å². The lowest BCUT2D eigenvalue weighted by Gasteiger charge is -2.42. The lowest BCUT2D eigenvalue weighted by atomic mass is 9.73. The molecule has 0 N–H and O–H groups in total. The number of anilines is 4. The van der Waals surface area contributed by atoms with Gasteiger partial charge in [0.05, 0.1) is 11.4 Å². The first-order valence-electron chi connectivity index (χ1n) is 18.1. The van der Waals surface area contributed by atoms with Crippen molar-refractivity contribution in [3.8, 4) is 0 Å². The van der Waals surface area contributed by atoms with Gasteiger partial charge in [0.25, 0.3) is 0 Å². The van der Waals surface area contributed by atoms with Gasteiger partial charge in [0.1, 0.15) is 5.82 Å². The van der Waals surface area contributed by atoms with Crippen LogP contribution >= 0.6 is 11.3 Å². The van der Waals surface area contributed by atoms with Crippen LogP contribution in [0.4, 0.5) is 27.1 Å². The molecule has 2 heterocycles. The highest BCUT2D eigenvalue weighted by atomic mass is 32.1.